The van der Waals surface area contributed by atoms with Gasteiger partial charge in [0.2, 0.25) is 5.91 Å². The molecule has 94 valence electrons. The Morgan fingerprint density at radius 1 is 1.38 bits per heavy atom. The van der Waals surface area contributed by atoms with Gasteiger partial charge in [0, 0.05) is 24.5 Å². The molecule has 0 spiro atoms. The molecule has 0 aliphatic heterocycles. The van der Waals surface area contributed by atoms with Crippen molar-refractivity contribution in [3.63, 3.8) is 0 Å². The van der Waals surface area contributed by atoms with E-state index in [1.165, 1.54) is 0 Å². The molecule has 6 heteroatoms. The second-order valence-corrected chi connectivity index (χ2v) is 6.12. The Morgan fingerprint density at radius 2 is 2.00 bits per heavy atom. The number of aldehydes is 1. The van der Waals surface area contributed by atoms with Gasteiger partial charge in [0.05, 0.1) is 12.0 Å². The average Bonchev–Trinajstić information content (AvgIpc) is 2.26. The van der Waals surface area contributed by atoms with E-state index in [-0.39, 0.29) is 11.8 Å². The topological polar surface area (TPSA) is 66.4 Å². The van der Waals surface area contributed by atoms with Crippen molar-refractivity contribution in [2.75, 3.05) is 18.1 Å². The highest BCUT2D eigenvalue weighted by atomic mass is 33.1. The Balaban J connectivity index is 3.37. The fraction of sp³-hybridized carbons (Fsp3) is 0.800. The molecular formula is C10H19NO3S2. The van der Waals surface area contributed by atoms with Crippen LogP contribution in [0, 0.1) is 5.92 Å². The third-order valence-corrected chi connectivity index (χ3v) is 4.46. The summed E-state index contributed by atoms with van der Waals surface area (Å²) in [6.45, 7) is 3.90. The highest BCUT2D eigenvalue weighted by Crippen LogP contribution is 2.20. The fourth-order valence-electron chi connectivity index (χ4n) is 0.810. The molecule has 0 aliphatic rings. The van der Waals surface area contributed by atoms with Crippen molar-refractivity contribution < 1.29 is 14.7 Å². The number of amides is 1. The maximum Gasteiger partial charge on any atom is 0.225 e. The van der Waals surface area contributed by atoms with Crippen molar-refractivity contribution in [1.29, 1.82) is 0 Å². The average molecular weight is 265 g/mol. The fourth-order valence-corrected chi connectivity index (χ4v) is 2.67. The van der Waals surface area contributed by atoms with Crippen molar-refractivity contribution in [1.82, 2.24) is 5.32 Å². The Bertz CT molecular complexity index is 212. The van der Waals surface area contributed by atoms with Crippen LogP contribution in [0.1, 0.15) is 20.3 Å². The third-order valence-electron chi connectivity index (χ3n) is 2.02. The lowest BCUT2D eigenvalue weighted by atomic mass is 10.1. The maximum atomic E-state index is 11.4. The van der Waals surface area contributed by atoms with Gasteiger partial charge < -0.3 is 15.2 Å². The van der Waals surface area contributed by atoms with Gasteiger partial charge in [-0.2, -0.15) is 0 Å². The van der Waals surface area contributed by atoms with Gasteiger partial charge in [-0.25, -0.2) is 0 Å². The predicted molar refractivity (Wildman–Crippen MR) is 69.5 cm³/mol. The van der Waals surface area contributed by atoms with Crippen LogP contribution in [0.25, 0.3) is 0 Å². The Morgan fingerprint density at radius 3 is 2.56 bits per heavy atom. The monoisotopic (exact) mass is 265 g/mol. The van der Waals surface area contributed by atoms with E-state index in [1.54, 1.807) is 35.4 Å². The molecule has 0 bridgehead atoms. The first-order valence-corrected chi connectivity index (χ1v) is 7.72. The van der Waals surface area contributed by atoms with Crippen LogP contribution in [0.15, 0.2) is 0 Å². The van der Waals surface area contributed by atoms with Crippen LogP contribution in [-0.4, -0.2) is 41.5 Å². The number of aliphatic hydroxyl groups is 1. The SMILES string of the molecule is C[C@H](C(=O)NCCSSCCC=O)[C@@H](C)O. The van der Waals surface area contributed by atoms with Gasteiger partial charge in [0.15, 0.2) is 0 Å². The number of carbonyl (C=O) groups is 2. The molecule has 0 aliphatic carbocycles. The summed E-state index contributed by atoms with van der Waals surface area (Å²) in [7, 11) is 3.26. The predicted octanol–water partition coefficient (Wildman–Crippen LogP) is 1.09. The summed E-state index contributed by atoms with van der Waals surface area (Å²) in [5.74, 6) is 1.13. The van der Waals surface area contributed by atoms with Gasteiger partial charge in [0.25, 0.3) is 0 Å². The molecule has 0 radical (unpaired) electrons. The summed E-state index contributed by atoms with van der Waals surface area (Å²) in [6.07, 6.45) is 0.859. The Kier molecular flexibility index (Phi) is 9.86. The highest BCUT2D eigenvalue weighted by molar-refractivity contribution is 8.76. The first kappa shape index (κ1) is 15.8. The molecule has 2 atom stereocenters. The molecule has 0 rings (SSSR count). The van der Waals surface area contributed by atoms with Crippen molar-refractivity contribution in [2.24, 2.45) is 5.92 Å². The number of nitrogens with one attached hydrogen (secondary N) is 1. The lowest BCUT2D eigenvalue weighted by Gasteiger charge is -2.14. The van der Waals surface area contributed by atoms with E-state index in [2.05, 4.69) is 5.32 Å². The second kappa shape index (κ2) is 9.99. The van der Waals surface area contributed by atoms with E-state index in [0.29, 0.717) is 13.0 Å². The van der Waals surface area contributed by atoms with Crippen LogP contribution in [-0.2, 0) is 9.59 Å². The number of hydrogen-bond donors (Lipinski definition) is 2. The zero-order chi connectivity index (χ0) is 12.4. The lowest BCUT2D eigenvalue weighted by molar-refractivity contribution is -0.127. The lowest BCUT2D eigenvalue weighted by Crippen LogP contribution is -2.35. The van der Waals surface area contributed by atoms with Crippen LogP contribution >= 0.6 is 21.6 Å². The molecule has 16 heavy (non-hydrogen) atoms. The summed E-state index contributed by atoms with van der Waals surface area (Å²) in [6, 6.07) is 0. The normalized spacial score (nSPS) is 14.2. The van der Waals surface area contributed by atoms with Gasteiger partial charge in [-0.15, -0.1) is 0 Å². The summed E-state index contributed by atoms with van der Waals surface area (Å²) < 4.78 is 0. The molecule has 4 nitrogen and oxygen atoms in total. The number of rotatable bonds is 9. The molecule has 2 N–H and O–H groups in total. The van der Waals surface area contributed by atoms with E-state index in [4.69, 9.17) is 0 Å². The quantitative estimate of drug-likeness (QED) is 0.371. The summed E-state index contributed by atoms with van der Waals surface area (Å²) in [5.41, 5.74) is 0. The molecule has 0 aromatic heterocycles. The number of carbonyl (C=O) groups excluding carboxylic acids is 2. The van der Waals surface area contributed by atoms with Gasteiger partial charge in [-0.1, -0.05) is 28.5 Å². The number of aliphatic hydroxyl groups excluding tert-OH is 1. The van der Waals surface area contributed by atoms with Gasteiger partial charge in [0.1, 0.15) is 6.29 Å². The van der Waals surface area contributed by atoms with Crippen LogP contribution in [0.2, 0.25) is 0 Å². The Hall–Kier alpha value is -0.200. The van der Waals surface area contributed by atoms with E-state index < -0.39 is 6.10 Å². The first-order valence-electron chi connectivity index (χ1n) is 5.23. The molecule has 0 saturated heterocycles. The van der Waals surface area contributed by atoms with E-state index >= 15 is 0 Å². The summed E-state index contributed by atoms with van der Waals surface area (Å²) >= 11 is 0. The standard InChI is InChI=1S/C10H19NO3S2/c1-8(9(2)13)10(14)11-4-7-16-15-6-3-5-12/h5,8-9,13H,3-4,6-7H2,1-2H3,(H,11,14)/t8-,9+/m0/s1. The largest absolute Gasteiger partial charge is 0.393 e. The van der Waals surface area contributed by atoms with Gasteiger partial charge in [-0.05, 0) is 6.92 Å². The smallest absolute Gasteiger partial charge is 0.225 e. The van der Waals surface area contributed by atoms with Crippen LogP contribution < -0.4 is 5.32 Å². The molecule has 0 aromatic carbocycles. The van der Waals surface area contributed by atoms with E-state index in [1.807, 2.05) is 0 Å². The minimum atomic E-state index is -0.616. The second-order valence-electron chi connectivity index (χ2n) is 3.42. The zero-order valence-corrected chi connectivity index (χ0v) is 11.3. The number of hydrogen-bond acceptors (Lipinski definition) is 5. The molecule has 0 heterocycles. The maximum absolute atomic E-state index is 11.4. The minimum absolute atomic E-state index is 0.117. The third kappa shape index (κ3) is 8.01. The minimum Gasteiger partial charge on any atom is -0.393 e. The van der Waals surface area contributed by atoms with E-state index in [9.17, 15) is 14.7 Å². The molecule has 0 aromatic rings. The first-order chi connectivity index (χ1) is 7.59. The van der Waals surface area contributed by atoms with Crippen LogP contribution in [0.5, 0.6) is 0 Å². The molecule has 0 saturated carbocycles. The molecule has 0 fully saturated rings. The zero-order valence-electron chi connectivity index (χ0n) is 9.64. The van der Waals surface area contributed by atoms with Crippen molar-refractivity contribution in [3.05, 3.63) is 0 Å². The van der Waals surface area contributed by atoms with Crippen molar-refractivity contribution in [3.8, 4) is 0 Å². The molecular weight excluding hydrogens is 246 g/mol. The van der Waals surface area contributed by atoms with Crippen molar-refractivity contribution >= 4 is 33.8 Å². The van der Waals surface area contributed by atoms with Crippen LogP contribution in [0.3, 0.4) is 0 Å². The van der Waals surface area contributed by atoms with Gasteiger partial charge in [-0.3, -0.25) is 4.79 Å². The molecule has 0 unspecified atom stereocenters. The molecule has 1 amide bonds. The summed E-state index contributed by atoms with van der Waals surface area (Å²) in [4.78, 5) is 21.4. The summed E-state index contributed by atoms with van der Waals surface area (Å²) in [5, 5.41) is 11.9. The Labute approximate surface area is 104 Å². The highest BCUT2D eigenvalue weighted by Gasteiger charge is 2.16. The van der Waals surface area contributed by atoms with Crippen molar-refractivity contribution in [2.45, 2.75) is 26.4 Å². The van der Waals surface area contributed by atoms with Crippen LogP contribution in [0.4, 0.5) is 0 Å². The van der Waals surface area contributed by atoms with Gasteiger partial charge >= 0.3 is 0 Å². The van der Waals surface area contributed by atoms with E-state index in [0.717, 1.165) is 17.8 Å².